The highest BCUT2D eigenvalue weighted by Crippen LogP contribution is 2.47. The van der Waals surface area contributed by atoms with Gasteiger partial charge in [-0.25, -0.2) is 27.2 Å². The molecule has 3 aromatic rings. The van der Waals surface area contributed by atoms with E-state index in [9.17, 15) is 17.2 Å². The lowest BCUT2D eigenvalue weighted by Gasteiger charge is -2.42. The molecule has 1 aromatic carbocycles. The number of halogens is 2. The minimum atomic E-state index is -3.58. The van der Waals surface area contributed by atoms with E-state index >= 15 is 0 Å². The van der Waals surface area contributed by atoms with Crippen LogP contribution in [0.15, 0.2) is 36.5 Å². The van der Waals surface area contributed by atoms with Gasteiger partial charge in [-0.15, -0.1) is 5.10 Å². The summed E-state index contributed by atoms with van der Waals surface area (Å²) >= 11 is 0. The van der Waals surface area contributed by atoms with Crippen LogP contribution in [0.1, 0.15) is 64.4 Å². The summed E-state index contributed by atoms with van der Waals surface area (Å²) < 4.78 is 54.7. The molecule has 0 radical (unpaired) electrons. The molecule has 0 aliphatic carbocycles. The van der Waals surface area contributed by atoms with Gasteiger partial charge < -0.3 is 0 Å². The zero-order valence-corrected chi connectivity index (χ0v) is 21.1. The smallest absolute Gasteiger partial charge is 0.236 e. The van der Waals surface area contributed by atoms with Crippen molar-refractivity contribution in [1.29, 1.82) is 0 Å². The molecule has 0 spiro atoms. The van der Waals surface area contributed by atoms with Gasteiger partial charge in [0.25, 0.3) is 0 Å². The highest BCUT2D eigenvalue weighted by molar-refractivity contribution is 7.91. The van der Waals surface area contributed by atoms with E-state index in [0.29, 0.717) is 11.4 Å². The summed E-state index contributed by atoms with van der Waals surface area (Å²) in [5, 5.41) is 8.71. The maximum atomic E-state index is 14.5. The van der Waals surface area contributed by atoms with E-state index in [1.807, 2.05) is 41.5 Å². The highest BCUT2D eigenvalue weighted by atomic mass is 32.2. The van der Waals surface area contributed by atoms with Crippen molar-refractivity contribution in [2.24, 2.45) is 5.41 Å². The monoisotopic (exact) mass is 489 g/mol. The summed E-state index contributed by atoms with van der Waals surface area (Å²) in [5.41, 5.74) is 0.405. The van der Waals surface area contributed by atoms with Gasteiger partial charge in [0.2, 0.25) is 16.0 Å². The normalized spacial score (nSPS) is 14.2. The van der Waals surface area contributed by atoms with Crippen LogP contribution >= 0.6 is 0 Å². The summed E-state index contributed by atoms with van der Waals surface area (Å²) in [7, 11) is -3.58. The van der Waals surface area contributed by atoms with E-state index in [1.54, 1.807) is 12.1 Å². The van der Waals surface area contributed by atoms with Gasteiger partial charge in [-0.2, -0.15) is 5.10 Å². The largest absolute Gasteiger partial charge is 0.251 e. The maximum absolute atomic E-state index is 14.5. The fraction of sp³-hybridized carbons (Fsp3) is 0.417. The van der Waals surface area contributed by atoms with Gasteiger partial charge in [0, 0.05) is 6.20 Å². The number of hydrogen-bond acceptors (Lipinski definition) is 6. The van der Waals surface area contributed by atoms with Crippen LogP contribution in [0.2, 0.25) is 0 Å². The number of hydrogen-bond donors (Lipinski definition) is 1. The molecule has 10 heteroatoms. The zero-order valence-electron chi connectivity index (χ0n) is 20.3. The van der Waals surface area contributed by atoms with E-state index in [0.717, 1.165) is 11.8 Å². The van der Waals surface area contributed by atoms with Crippen LogP contribution < -0.4 is 4.72 Å². The number of anilines is 1. The Morgan fingerprint density at radius 3 is 2.15 bits per heavy atom. The molecule has 0 aliphatic rings. The first kappa shape index (κ1) is 25.6. The standard InChI is InChI=1S/C24H29F2N5O2S/c1-14(2)15-13-18(20-16(25)9-8-10-17(20)26)29-30-21(15)24(6,23(3,4)5)19-11-12-27-22(28-19)31-34(7,32)33/h8-14H,1-7H3,(H,27,28,31)/t24-/m0/s1. The second-order valence-corrected chi connectivity index (χ2v) is 11.5. The van der Waals surface area contributed by atoms with Crippen LogP contribution in [0.4, 0.5) is 14.7 Å². The Morgan fingerprint density at radius 2 is 1.62 bits per heavy atom. The Morgan fingerprint density at radius 1 is 1.00 bits per heavy atom. The van der Waals surface area contributed by atoms with E-state index in [-0.39, 0.29) is 23.1 Å². The Balaban J connectivity index is 2.28. The average molecular weight is 490 g/mol. The van der Waals surface area contributed by atoms with Crippen molar-refractivity contribution in [1.82, 2.24) is 20.2 Å². The molecule has 7 nitrogen and oxygen atoms in total. The molecule has 0 bridgehead atoms. The van der Waals surface area contributed by atoms with E-state index < -0.39 is 32.5 Å². The molecule has 2 heterocycles. The van der Waals surface area contributed by atoms with Crippen molar-refractivity contribution < 1.29 is 17.2 Å². The van der Waals surface area contributed by atoms with Gasteiger partial charge in [-0.3, -0.25) is 4.72 Å². The van der Waals surface area contributed by atoms with Crippen molar-refractivity contribution >= 4 is 16.0 Å². The Bertz CT molecular complexity index is 1300. The number of aromatic nitrogens is 4. The predicted octanol–water partition coefficient (Wildman–Crippen LogP) is 5.06. The van der Waals surface area contributed by atoms with E-state index in [2.05, 4.69) is 24.9 Å². The van der Waals surface area contributed by atoms with Crippen molar-refractivity contribution in [3.05, 3.63) is 65.1 Å². The lowest BCUT2D eigenvalue weighted by atomic mass is 9.62. The second-order valence-electron chi connectivity index (χ2n) is 9.80. The number of nitrogens with one attached hydrogen (secondary N) is 1. The predicted molar refractivity (Wildman–Crippen MR) is 128 cm³/mol. The summed E-state index contributed by atoms with van der Waals surface area (Å²) in [6.45, 7) is 11.9. The Hall–Kier alpha value is -3.01. The van der Waals surface area contributed by atoms with Crippen molar-refractivity contribution in [2.45, 2.75) is 52.9 Å². The highest BCUT2D eigenvalue weighted by Gasteiger charge is 2.45. The van der Waals surface area contributed by atoms with Crippen molar-refractivity contribution in [3.8, 4) is 11.3 Å². The molecule has 0 unspecified atom stereocenters. The molecule has 0 aliphatic heterocycles. The molecule has 0 amide bonds. The third kappa shape index (κ3) is 4.91. The molecule has 3 rings (SSSR count). The number of rotatable bonds is 6. The van der Waals surface area contributed by atoms with Crippen LogP contribution in [-0.2, 0) is 15.4 Å². The first-order valence-corrected chi connectivity index (χ1v) is 12.7. The molecule has 34 heavy (non-hydrogen) atoms. The minimum Gasteiger partial charge on any atom is -0.251 e. The summed E-state index contributed by atoms with van der Waals surface area (Å²) in [5.74, 6) is -1.55. The fourth-order valence-corrected chi connectivity index (χ4v) is 4.24. The van der Waals surface area contributed by atoms with Crippen LogP contribution in [0.25, 0.3) is 11.3 Å². The molecule has 0 fully saturated rings. The number of sulfonamides is 1. The molecular weight excluding hydrogens is 460 g/mol. The second kappa shape index (κ2) is 8.98. The summed E-state index contributed by atoms with van der Waals surface area (Å²) in [6.07, 6.45) is 2.50. The molecule has 1 N–H and O–H groups in total. The maximum Gasteiger partial charge on any atom is 0.236 e. The Kier molecular flexibility index (Phi) is 6.76. The van der Waals surface area contributed by atoms with Gasteiger partial charge in [-0.05, 0) is 48.1 Å². The molecule has 182 valence electrons. The van der Waals surface area contributed by atoms with Crippen molar-refractivity contribution in [3.63, 3.8) is 0 Å². The third-order valence-corrected chi connectivity index (χ3v) is 6.64. The van der Waals surface area contributed by atoms with Crippen LogP contribution in [0.3, 0.4) is 0 Å². The quantitative estimate of drug-likeness (QED) is 0.520. The van der Waals surface area contributed by atoms with Gasteiger partial charge in [0.15, 0.2) is 0 Å². The lowest BCUT2D eigenvalue weighted by molar-refractivity contribution is 0.234. The Labute approximate surface area is 199 Å². The topological polar surface area (TPSA) is 97.7 Å². The van der Waals surface area contributed by atoms with Gasteiger partial charge in [0.1, 0.15) is 11.6 Å². The molecular formula is C24H29F2N5O2S. The van der Waals surface area contributed by atoms with Crippen LogP contribution in [-0.4, -0.2) is 34.8 Å². The molecule has 0 saturated carbocycles. The molecule has 1 atom stereocenters. The average Bonchev–Trinajstić information content (AvgIpc) is 2.71. The van der Waals surface area contributed by atoms with Gasteiger partial charge in [-0.1, -0.05) is 40.7 Å². The first-order valence-electron chi connectivity index (χ1n) is 10.8. The fourth-order valence-electron chi connectivity index (χ4n) is 3.81. The van der Waals surface area contributed by atoms with Crippen LogP contribution in [0, 0.1) is 17.0 Å². The van der Waals surface area contributed by atoms with E-state index in [4.69, 9.17) is 0 Å². The summed E-state index contributed by atoms with van der Waals surface area (Å²) in [6, 6.07) is 7.02. The van der Waals surface area contributed by atoms with Crippen LogP contribution in [0.5, 0.6) is 0 Å². The summed E-state index contributed by atoms with van der Waals surface area (Å²) in [4.78, 5) is 8.52. The SMILES string of the molecule is CC(C)c1cc(-c2c(F)cccc2F)nnc1[C@](C)(c1ccnc(NS(C)(=O)=O)n1)C(C)(C)C. The van der Waals surface area contributed by atoms with Gasteiger partial charge in [0.05, 0.1) is 34.3 Å². The number of nitrogens with zero attached hydrogens (tertiary/aromatic N) is 4. The first-order chi connectivity index (χ1) is 15.6. The lowest BCUT2D eigenvalue weighted by Crippen LogP contribution is -2.41. The molecule has 0 saturated heterocycles. The minimum absolute atomic E-state index is 0.0559. The van der Waals surface area contributed by atoms with E-state index in [1.165, 1.54) is 24.4 Å². The van der Waals surface area contributed by atoms with Crippen molar-refractivity contribution in [2.75, 3.05) is 11.0 Å². The third-order valence-electron chi connectivity index (χ3n) is 6.08. The number of benzene rings is 1. The zero-order chi connectivity index (χ0) is 25.5. The molecule has 2 aromatic heterocycles. The van der Waals surface area contributed by atoms with Gasteiger partial charge >= 0.3 is 0 Å².